The summed E-state index contributed by atoms with van der Waals surface area (Å²) in [5.74, 6) is -3.30. The fraction of sp³-hybridized carbons (Fsp3) is 0. The van der Waals surface area contributed by atoms with Gasteiger partial charge in [0.2, 0.25) is 0 Å². The highest BCUT2D eigenvalue weighted by Crippen LogP contribution is 2.28. The summed E-state index contributed by atoms with van der Waals surface area (Å²) < 4.78 is 26.4. The predicted molar refractivity (Wildman–Crippen MR) is 57.3 cm³/mol. The molecule has 1 aromatic carbocycles. The van der Waals surface area contributed by atoms with Crippen molar-refractivity contribution in [2.75, 3.05) is 5.32 Å². The van der Waals surface area contributed by atoms with Gasteiger partial charge in [-0.3, -0.25) is 14.9 Å². The van der Waals surface area contributed by atoms with Crippen molar-refractivity contribution in [3.63, 3.8) is 0 Å². The van der Waals surface area contributed by atoms with Gasteiger partial charge in [0.1, 0.15) is 5.82 Å². The smallest absolute Gasteiger partial charge is 0.298 e. The Labute approximate surface area is 103 Å². The van der Waals surface area contributed by atoms with Crippen LogP contribution < -0.4 is 5.32 Å². The molecule has 0 unspecified atom stereocenters. The first-order valence-electron chi connectivity index (χ1n) is 4.79. The lowest BCUT2D eigenvalue weighted by Crippen LogP contribution is -2.15. The van der Waals surface area contributed by atoms with Crippen molar-refractivity contribution in [2.45, 2.75) is 0 Å². The maximum Gasteiger partial charge on any atom is 0.298 e. The number of H-pyrrole nitrogens is 1. The van der Waals surface area contributed by atoms with Crippen molar-refractivity contribution in [1.29, 1.82) is 0 Å². The van der Waals surface area contributed by atoms with Gasteiger partial charge in [0.05, 0.1) is 17.2 Å². The van der Waals surface area contributed by atoms with Crippen LogP contribution in [0.15, 0.2) is 18.3 Å². The number of carbonyl (C=O) groups excluding carboxylic acids is 1. The van der Waals surface area contributed by atoms with E-state index in [9.17, 15) is 23.7 Å². The van der Waals surface area contributed by atoms with Crippen molar-refractivity contribution in [3.8, 4) is 0 Å². The second-order valence-electron chi connectivity index (χ2n) is 3.35. The highest BCUT2D eigenvalue weighted by Gasteiger charge is 2.23. The molecule has 2 aromatic rings. The minimum Gasteiger partial charge on any atom is -0.312 e. The summed E-state index contributed by atoms with van der Waals surface area (Å²) in [6, 6.07) is 0.924. The standard InChI is InChI=1S/C9H5F2N5O3/c10-4-1-5(11)8(7(2-4)16(18)19)13-9(17)6-3-12-15-14-6/h1-3H,(H,13,17)(H,12,14,15). The minimum atomic E-state index is -1.26. The van der Waals surface area contributed by atoms with Gasteiger partial charge in [-0.2, -0.15) is 15.4 Å². The lowest BCUT2D eigenvalue weighted by molar-refractivity contribution is -0.384. The molecular formula is C9H5F2N5O3. The molecule has 8 nitrogen and oxygen atoms in total. The number of nitrogens with one attached hydrogen (secondary N) is 2. The lowest BCUT2D eigenvalue weighted by Gasteiger charge is -2.05. The molecule has 19 heavy (non-hydrogen) atoms. The van der Waals surface area contributed by atoms with E-state index in [0.717, 1.165) is 6.20 Å². The molecular weight excluding hydrogens is 264 g/mol. The van der Waals surface area contributed by atoms with Crippen LogP contribution in [0.1, 0.15) is 10.5 Å². The SMILES string of the molecule is O=C(Nc1c(F)cc(F)cc1[N+](=O)[O-])c1cn[nH]n1. The molecule has 0 atom stereocenters. The van der Waals surface area contributed by atoms with Crippen LogP contribution in [0.25, 0.3) is 0 Å². The molecule has 0 aliphatic carbocycles. The van der Waals surface area contributed by atoms with Gasteiger partial charge in [-0.05, 0) is 0 Å². The number of hydrogen-bond acceptors (Lipinski definition) is 5. The Morgan fingerprint density at radius 1 is 1.42 bits per heavy atom. The van der Waals surface area contributed by atoms with Crippen LogP contribution in [0.3, 0.4) is 0 Å². The molecule has 98 valence electrons. The molecule has 2 rings (SSSR count). The number of carbonyl (C=O) groups is 1. The molecule has 0 saturated carbocycles. The Bertz CT molecular complexity index is 644. The van der Waals surface area contributed by atoms with E-state index in [1.54, 1.807) is 0 Å². The van der Waals surface area contributed by atoms with E-state index >= 15 is 0 Å². The topological polar surface area (TPSA) is 114 Å². The van der Waals surface area contributed by atoms with Gasteiger partial charge in [0, 0.05) is 6.07 Å². The minimum absolute atomic E-state index is 0.196. The summed E-state index contributed by atoms with van der Waals surface area (Å²) in [6.07, 6.45) is 1.04. The van der Waals surface area contributed by atoms with Gasteiger partial charge in [0.25, 0.3) is 11.6 Å². The van der Waals surface area contributed by atoms with E-state index in [0.29, 0.717) is 12.1 Å². The molecule has 10 heteroatoms. The summed E-state index contributed by atoms with van der Waals surface area (Å²) in [5, 5.41) is 21.5. The fourth-order valence-electron chi connectivity index (χ4n) is 1.32. The first-order chi connectivity index (χ1) is 8.99. The fourth-order valence-corrected chi connectivity index (χ4v) is 1.32. The average molecular weight is 269 g/mol. The van der Waals surface area contributed by atoms with Gasteiger partial charge < -0.3 is 5.32 Å². The number of anilines is 1. The molecule has 0 bridgehead atoms. The zero-order chi connectivity index (χ0) is 14.0. The molecule has 0 aliphatic rings. The van der Waals surface area contributed by atoms with Gasteiger partial charge >= 0.3 is 0 Å². The number of amides is 1. The Hall–Kier alpha value is -2.91. The molecule has 1 heterocycles. The molecule has 1 aromatic heterocycles. The maximum atomic E-state index is 13.5. The van der Waals surface area contributed by atoms with E-state index in [2.05, 4.69) is 15.4 Å². The second-order valence-corrected chi connectivity index (χ2v) is 3.35. The van der Waals surface area contributed by atoms with Crippen LogP contribution in [0, 0.1) is 21.7 Å². The number of nitro groups is 1. The Morgan fingerprint density at radius 3 is 2.74 bits per heavy atom. The van der Waals surface area contributed by atoms with Crippen LogP contribution in [-0.4, -0.2) is 26.2 Å². The highest BCUT2D eigenvalue weighted by molar-refractivity contribution is 6.03. The predicted octanol–water partition coefficient (Wildman–Crippen LogP) is 1.24. The van der Waals surface area contributed by atoms with Crippen molar-refractivity contribution < 1.29 is 18.5 Å². The lowest BCUT2D eigenvalue weighted by atomic mass is 10.2. The zero-order valence-electron chi connectivity index (χ0n) is 9.05. The number of rotatable bonds is 3. The van der Waals surface area contributed by atoms with E-state index in [4.69, 9.17) is 0 Å². The van der Waals surface area contributed by atoms with Gasteiger partial charge in [-0.15, -0.1) is 0 Å². The average Bonchev–Trinajstić information content (AvgIpc) is 2.85. The van der Waals surface area contributed by atoms with Crippen molar-refractivity contribution in [1.82, 2.24) is 15.4 Å². The summed E-state index contributed by atoms with van der Waals surface area (Å²) in [7, 11) is 0. The Morgan fingerprint density at radius 2 is 2.16 bits per heavy atom. The third-order valence-electron chi connectivity index (χ3n) is 2.12. The number of aromatic amines is 1. The molecule has 2 N–H and O–H groups in total. The first-order valence-corrected chi connectivity index (χ1v) is 4.79. The number of nitro benzene ring substituents is 1. The second kappa shape index (κ2) is 4.76. The maximum absolute atomic E-state index is 13.5. The molecule has 0 radical (unpaired) electrons. The summed E-state index contributed by atoms with van der Waals surface area (Å²) in [4.78, 5) is 21.2. The van der Waals surface area contributed by atoms with E-state index in [1.165, 1.54) is 0 Å². The number of benzene rings is 1. The molecule has 0 saturated heterocycles. The van der Waals surface area contributed by atoms with E-state index in [1.807, 2.05) is 5.32 Å². The molecule has 0 aliphatic heterocycles. The van der Waals surface area contributed by atoms with Gasteiger partial charge in [-0.25, -0.2) is 8.78 Å². The van der Waals surface area contributed by atoms with Crippen LogP contribution in [0.4, 0.5) is 20.2 Å². The van der Waals surface area contributed by atoms with Crippen molar-refractivity contribution in [2.24, 2.45) is 0 Å². The first kappa shape index (κ1) is 12.5. The number of aromatic nitrogens is 3. The van der Waals surface area contributed by atoms with Crippen LogP contribution >= 0.6 is 0 Å². The highest BCUT2D eigenvalue weighted by atomic mass is 19.1. The number of hydrogen-bond donors (Lipinski definition) is 2. The van der Waals surface area contributed by atoms with Crippen LogP contribution in [-0.2, 0) is 0 Å². The number of nitrogens with zero attached hydrogens (tertiary/aromatic N) is 3. The number of halogens is 2. The van der Waals surface area contributed by atoms with Crippen molar-refractivity contribution in [3.05, 3.63) is 45.8 Å². The molecule has 0 spiro atoms. The Kier molecular flexibility index (Phi) is 3.14. The zero-order valence-corrected chi connectivity index (χ0v) is 9.05. The van der Waals surface area contributed by atoms with E-state index in [-0.39, 0.29) is 5.69 Å². The third kappa shape index (κ3) is 2.51. The van der Waals surface area contributed by atoms with Crippen LogP contribution in [0.2, 0.25) is 0 Å². The largest absolute Gasteiger partial charge is 0.312 e. The van der Waals surface area contributed by atoms with Crippen molar-refractivity contribution >= 4 is 17.3 Å². The summed E-state index contributed by atoms with van der Waals surface area (Å²) in [6.45, 7) is 0. The summed E-state index contributed by atoms with van der Waals surface area (Å²) in [5.41, 5.74) is -1.83. The molecule has 0 fully saturated rings. The van der Waals surface area contributed by atoms with Crippen LogP contribution in [0.5, 0.6) is 0 Å². The Balaban J connectivity index is 2.39. The normalized spacial score (nSPS) is 10.2. The monoisotopic (exact) mass is 269 g/mol. The van der Waals surface area contributed by atoms with Gasteiger partial charge in [0.15, 0.2) is 17.2 Å². The van der Waals surface area contributed by atoms with E-state index < -0.39 is 33.8 Å². The quantitative estimate of drug-likeness (QED) is 0.642. The summed E-state index contributed by atoms with van der Waals surface area (Å²) >= 11 is 0. The third-order valence-corrected chi connectivity index (χ3v) is 2.12. The van der Waals surface area contributed by atoms with Gasteiger partial charge in [-0.1, -0.05) is 0 Å². The molecule has 1 amide bonds.